The third-order valence-electron chi connectivity index (χ3n) is 3.20. The Morgan fingerprint density at radius 2 is 1.92 bits per heavy atom. The number of hydrogen-bond donors (Lipinski definition) is 1. The van der Waals surface area contributed by atoms with Crippen LogP contribution in [0.5, 0.6) is 0 Å². The van der Waals surface area contributed by atoms with Gasteiger partial charge in [0.05, 0.1) is 5.56 Å². The molecule has 4 nitrogen and oxygen atoms in total. The van der Waals surface area contributed by atoms with Crippen LogP contribution in [0, 0.1) is 12.7 Å². The van der Waals surface area contributed by atoms with Crippen LogP contribution in [0.1, 0.15) is 15.9 Å². The van der Waals surface area contributed by atoms with Crippen LogP contribution < -0.4 is 5.32 Å². The van der Waals surface area contributed by atoms with Gasteiger partial charge < -0.3 is 10.1 Å². The topological polar surface area (TPSA) is 55.4 Å². The van der Waals surface area contributed by atoms with Crippen LogP contribution in [0.2, 0.25) is 5.02 Å². The molecule has 0 aliphatic carbocycles. The predicted octanol–water partition coefficient (Wildman–Crippen LogP) is 3.85. The highest BCUT2D eigenvalue weighted by Crippen LogP contribution is 2.17. The average Bonchev–Trinajstić information content (AvgIpc) is 2.58. The summed E-state index contributed by atoms with van der Waals surface area (Å²) in [7, 11) is 0. The molecule has 25 heavy (non-hydrogen) atoms. The van der Waals surface area contributed by atoms with Crippen molar-refractivity contribution >= 4 is 35.2 Å². The van der Waals surface area contributed by atoms with Crippen molar-refractivity contribution in [3.8, 4) is 0 Å². The number of aryl methyl sites for hydroxylation is 1. The third kappa shape index (κ3) is 6.40. The number of benzene rings is 2. The van der Waals surface area contributed by atoms with E-state index >= 15 is 0 Å². The number of amides is 1. The molecule has 0 aliphatic rings. The maximum atomic E-state index is 13.6. The van der Waals surface area contributed by atoms with Crippen LogP contribution >= 0.6 is 23.4 Å². The molecule has 0 aromatic heterocycles. The monoisotopic (exact) mass is 381 g/mol. The number of rotatable bonds is 7. The van der Waals surface area contributed by atoms with Gasteiger partial charge in [0.2, 0.25) is 0 Å². The Bertz CT molecular complexity index is 752. The van der Waals surface area contributed by atoms with Gasteiger partial charge in [-0.1, -0.05) is 29.3 Å². The van der Waals surface area contributed by atoms with E-state index in [1.165, 1.54) is 17.7 Å². The quantitative estimate of drug-likeness (QED) is 0.449. The zero-order valence-corrected chi connectivity index (χ0v) is 15.1. The summed E-state index contributed by atoms with van der Waals surface area (Å²) in [5.41, 5.74) is 0.934. The maximum absolute atomic E-state index is 13.6. The Morgan fingerprint density at radius 3 is 2.60 bits per heavy atom. The Balaban J connectivity index is 1.68. The molecule has 2 aromatic rings. The average molecular weight is 382 g/mol. The molecule has 0 heterocycles. The van der Waals surface area contributed by atoms with Gasteiger partial charge in [0.25, 0.3) is 5.91 Å². The van der Waals surface area contributed by atoms with Gasteiger partial charge in [0.15, 0.2) is 6.61 Å². The van der Waals surface area contributed by atoms with Crippen molar-refractivity contribution < 1.29 is 18.7 Å². The molecule has 0 radical (unpaired) electrons. The Morgan fingerprint density at radius 1 is 1.20 bits per heavy atom. The molecule has 0 unspecified atom stereocenters. The lowest BCUT2D eigenvalue weighted by Crippen LogP contribution is -2.30. The first-order chi connectivity index (χ1) is 12.0. The number of hydrogen-bond acceptors (Lipinski definition) is 4. The van der Waals surface area contributed by atoms with Gasteiger partial charge in [-0.05, 0) is 37.3 Å². The Kier molecular flexibility index (Phi) is 7.28. The first-order valence-corrected chi connectivity index (χ1v) is 8.90. The molecule has 0 bridgehead atoms. The summed E-state index contributed by atoms with van der Waals surface area (Å²) in [6.07, 6.45) is 0. The molecule has 2 aromatic carbocycles. The van der Waals surface area contributed by atoms with Crippen molar-refractivity contribution in [3.63, 3.8) is 0 Å². The zero-order valence-electron chi connectivity index (χ0n) is 13.6. The third-order valence-corrected chi connectivity index (χ3v) is 4.45. The highest BCUT2D eigenvalue weighted by atomic mass is 35.5. The number of nitrogens with one attached hydrogen (secondary N) is 1. The lowest BCUT2D eigenvalue weighted by Gasteiger charge is -2.07. The minimum absolute atomic E-state index is 0.179. The number of esters is 1. The molecular formula is C18H17ClFNO3S. The second kappa shape index (κ2) is 9.44. The highest BCUT2D eigenvalue weighted by Gasteiger charge is 2.15. The van der Waals surface area contributed by atoms with Crippen molar-refractivity contribution in [1.82, 2.24) is 5.32 Å². The number of carbonyl (C=O) groups excluding carboxylic acids is 2. The van der Waals surface area contributed by atoms with E-state index in [0.29, 0.717) is 12.3 Å². The Hall–Kier alpha value is -2.05. The van der Waals surface area contributed by atoms with Crippen LogP contribution in [-0.4, -0.2) is 30.8 Å². The van der Waals surface area contributed by atoms with Crippen LogP contribution in [-0.2, 0) is 9.53 Å². The molecule has 2 rings (SSSR count). The highest BCUT2D eigenvalue weighted by molar-refractivity contribution is 7.99. The standard InChI is InChI=1S/C18H17ClFNO3S/c1-12-2-5-14(6-3-12)25-9-8-21-17(22)11-24-18(23)15-7-4-13(19)10-16(15)20/h2-7,10H,8-9,11H2,1H3,(H,21,22). The largest absolute Gasteiger partial charge is 0.452 e. The van der Waals surface area contributed by atoms with Gasteiger partial charge in [-0.2, -0.15) is 0 Å². The predicted molar refractivity (Wildman–Crippen MR) is 96.6 cm³/mol. The van der Waals surface area contributed by atoms with Crippen molar-refractivity contribution in [1.29, 1.82) is 0 Å². The zero-order chi connectivity index (χ0) is 18.2. The van der Waals surface area contributed by atoms with Crippen molar-refractivity contribution in [2.45, 2.75) is 11.8 Å². The second-order valence-corrected chi connectivity index (χ2v) is 6.82. The fourth-order valence-electron chi connectivity index (χ4n) is 1.91. The van der Waals surface area contributed by atoms with E-state index in [1.807, 2.05) is 31.2 Å². The smallest absolute Gasteiger partial charge is 0.341 e. The first kappa shape index (κ1) is 19.3. The molecule has 132 valence electrons. The van der Waals surface area contributed by atoms with Gasteiger partial charge >= 0.3 is 5.97 Å². The number of carbonyl (C=O) groups is 2. The normalized spacial score (nSPS) is 10.4. The molecule has 0 aliphatic heterocycles. The van der Waals surface area contributed by atoms with E-state index in [1.54, 1.807) is 11.8 Å². The molecule has 1 N–H and O–H groups in total. The van der Waals surface area contributed by atoms with Gasteiger partial charge in [-0.15, -0.1) is 11.8 Å². The summed E-state index contributed by atoms with van der Waals surface area (Å²) in [5, 5.41) is 2.82. The summed E-state index contributed by atoms with van der Waals surface area (Å²) < 4.78 is 18.4. The van der Waals surface area contributed by atoms with Crippen molar-refractivity contribution in [3.05, 3.63) is 64.4 Å². The number of halogens is 2. The molecule has 0 spiro atoms. The van der Waals surface area contributed by atoms with Crippen molar-refractivity contribution in [2.75, 3.05) is 18.9 Å². The Labute approximate surface area is 154 Å². The minimum Gasteiger partial charge on any atom is -0.452 e. The SMILES string of the molecule is Cc1ccc(SCCNC(=O)COC(=O)c2ccc(Cl)cc2F)cc1. The number of ether oxygens (including phenoxy) is 1. The van der Waals surface area contributed by atoms with Crippen LogP contribution in [0.4, 0.5) is 4.39 Å². The second-order valence-electron chi connectivity index (χ2n) is 5.21. The number of thioether (sulfide) groups is 1. The fourth-order valence-corrected chi connectivity index (χ4v) is 2.84. The van der Waals surface area contributed by atoms with E-state index in [-0.39, 0.29) is 10.6 Å². The van der Waals surface area contributed by atoms with Crippen LogP contribution in [0.15, 0.2) is 47.4 Å². The van der Waals surface area contributed by atoms with Gasteiger partial charge in [0.1, 0.15) is 5.82 Å². The van der Waals surface area contributed by atoms with E-state index in [2.05, 4.69) is 5.32 Å². The van der Waals surface area contributed by atoms with E-state index in [9.17, 15) is 14.0 Å². The molecule has 1 amide bonds. The van der Waals surface area contributed by atoms with E-state index in [4.69, 9.17) is 16.3 Å². The molecule has 7 heteroatoms. The molecule has 0 fully saturated rings. The van der Waals surface area contributed by atoms with E-state index in [0.717, 1.165) is 11.0 Å². The summed E-state index contributed by atoms with van der Waals surface area (Å²) in [4.78, 5) is 24.5. The molecule has 0 atom stereocenters. The molecule has 0 saturated carbocycles. The van der Waals surface area contributed by atoms with Gasteiger partial charge in [0, 0.05) is 22.2 Å². The summed E-state index contributed by atoms with van der Waals surface area (Å²) in [6.45, 7) is 1.99. The summed E-state index contributed by atoms with van der Waals surface area (Å²) in [5.74, 6) is -1.44. The summed E-state index contributed by atoms with van der Waals surface area (Å²) in [6, 6.07) is 11.7. The summed E-state index contributed by atoms with van der Waals surface area (Å²) >= 11 is 7.22. The van der Waals surface area contributed by atoms with Crippen molar-refractivity contribution in [2.24, 2.45) is 0 Å². The van der Waals surface area contributed by atoms with Gasteiger partial charge in [-0.25, -0.2) is 9.18 Å². The van der Waals surface area contributed by atoms with E-state index < -0.39 is 24.3 Å². The molecule has 0 saturated heterocycles. The molecular weight excluding hydrogens is 365 g/mol. The first-order valence-electron chi connectivity index (χ1n) is 7.54. The maximum Gasteiger partial charge on any atom is 0.341 e. The fraction of sp³-hybridized carbons (Fsp3) is 0.222. The van der Waals surface area contributed by atoms with Crippen LogP contribution in [0.25, 0.3) is 0 Å². The lowest BCUT2D eigenvalue weighted by atomic mass is 10.2. The van der Waals surface area contributed by atoms with Gasteiger partial charge in [-0.3, -0.25) is 4.79 Å². The minimum atomic E-state index is -0.904. The lowest BCUT2D eigenvalue weighted by molar-refractivity contribution is -0.124. The van der Waals surface area contributed by atoms with Crippen LogP contribution in [0.3, 0.4) is 0 Å².